The van der Waals surface area contributed by atoms with E-state index < -0.39 is 0 Å². The topological polar surface area (TPSA) is 6.48 Å². The summed E-state index contributed by atoms with van der Waals surface area (Å²) in [5.74, 6) is 0. The van der Waals surface area contributed by atoms with Crippen LogP contribution in [0.1, 0.15) is 89.5 Å². The summed E-state index contributed by atoms with van der Waals surface area (Å²) in [6, 6.07) is 32.5. The maximum atomic E-state index is 2.66. The van der Waals surface area contributed by atoms with E-state index in [1.54, 1.807) is 0 Å². The lowest BCUT2D eigenvalue weighted by Gasteiger charge is -2.48. The zero-order chi connectivity index (χ0) is 27.0. The molecule has 0 amide bonds. The third kappa shape index (κ3) is 5.10. The number of benzene rings is 3. The summed E-state index contributed by atoms with van der Waals surface area (Å²) in [5, 5.41) is 0. The number of hydrogen-bond acceptors (Lipinski definition) is 2. The van der Waals surface area contributed by atoms with Gasteiger partial charge in [0.15, 0.2) is 0 Å². The molecule has 2 heteroatoms. The Labute approximate surface area is 232 Å². The number of hydrogen-bond donors (Lipinski definition) is 0. The molecular formula is C36H48N2. The summed E-state index contributed by atoms with van der Waals surface area (Å²) in [6.45, 7) is 18.7. The van der Waals surface area contributed by atoms with Crippen LogP contribution >= 0.6 is 0 Å². The van der Waals surface area contributed by atoms with Gasteiger partial charge in [-0.05, 0) is 116 Å². The molecule has 0 aliphatic carbocycles. The zero-order valence-electron chi connectivity index (χ0n) is 24.6. The second kappa shape index (κ2) is 10.3. The van der Waals surface area contributed by atoms with Crippen LogP contribution in [0.25, 0.3) is 0 Å². The van der Waals surface area contributed by atoms with Gasteiger partial charge in [0.1, 0.15) is 0 Å². The summed E-state index contributed by atoms with van der Waals surface area (Å²) in [6.07, 6.45) is 4.66. The van der Waals surface area contributed by atoms with Crippen LogP contribution in [0, 0.1) is 0 Å². The molecule has 2 nitrogen and oxygen atoms in total. The normalized spacial score (nSPS) is 20.8. The molecule has 0 saturated carbocycles. The summed E-state index contributed by atoms with van der Waals surface area (Å²) < 4.78 is 0. The summed E-state index contributed by atoms with van der Waals surface area (Å²) >= 11 is 0. The lowest BCUT2D eigenvalue weighted by Crippen LogP contribution is -2.51. The Kier molecular flexibility index (Phi) is 7.35. The standard InChI is InChI=1S/C36H48N2/c1-33(2,3)37-25-21-35(22-26-37,29-13-9-7-10-14-29)31-17-19-32(20-18-31)36(30-15-11-8-12-16-30)23-27-38(28-24-36)34(4,5)6/h7-20H,21-28H2,1-6H3. The van der Waals surface area contributed by atoms with Gasteiger partial charge in [-0.1, -0.05) is 84.9 Å². The van der Waals surface area contributed by atoms with E-state index in [9.17, 15) is 0 Å². The average Bonchev–Trinajstić information content (AvgIpc) is 2.93. The monoisotopic (exact) mass is 508 g/mol. The van der Waals surface area contributed by atoms with Crippen LogP contribution in [0.4, 0.5) is 0 Å². The molecule has 3 aromatic rings. The fourth-order valence-corrected chi connectivity index (χ4v) is 7.23. The number of rotatable bonds is 4. The Morgan fingerprint density at radius 2 is 0.684 bits per heavy atom. The van der Waals surface area contributed by atoms with Gasteiger partial charge < -0.3 is 0 Å². The second-order valence-electron chi connectivity index (χ2n) is 13.8. The molecule has 5 rings (SSSR count). The second-order valence-corrected chi connectivity index (χ2v) is 13.8. The van der Waals surface area contributed by atoms with Gasteiger partial charge >= 0.3 is 0 Å². The summed E-state index contributed by atoms with van der Waals surface area (Å²) in [7, 11) is 0. The largest absolute Gasteiger partial charge is 0.298 e. The van der Waals surface area contributed by atoms with Crippen molar-refractivity contribution in [1.82, 2.24) is 9.80 Å². The lowest BCUT2D eigenvalue weighted by molar-refractivity contribution is 0.0839. The first kappa shape index (κ1) is 27.2. The van der Waals surface area contributed by atoms with Gasteiger partial charge in [0, 0.05) is 21.9 Å². The predicted octanol–water partition coefficient (Wildman–Crippen LogP) is 8.05. The Balaban J connectivity index is 1.50. The first-order valence-corrected chi connectivity index (χ1v) is 14.8. The third-order valence-corrected chi connectivity index (χ3v) is 9.77. The van der Waals surface area contributed by atoms with Crippen LogP contribution in [0.2, 0.25) is 0 Å². The molecule has 38 heavy (non-hydrogen) atoms. The first-order chi connectivity index (χ1) is 18.0. The molecule has 2 heterocycles. The minimum Gasteiger partial charge on any atom is -0.298 e. The van der Waals surface area contributed by atoms with E-state index in [-0.39, 0.29) is 21.9 Å². The smallest absolute Gasteiger partial charge is 0.0227 e. The summed E-state index contributed by atoms with van der Waals surface area (Å²) in [5.41, 5.74) is 6.50. The molecule has 0 atom stereocenters. The van der Waals surface area contributed by atoms with E-state index in [0.717, 1.165) is 51.9 Å². The van der Waals surface area contributed by atoms with E-state index in [0.29, 0.717) is 0 Å². The van der Waals surface area contributed by atoms with Gasteiger partial charge in [-0.3, -0.25) is 9.80 Å². The van der Waals surface area contributed by atoms with Gasteiger partial charge in [0.05, 0.1) is 0 Å². The van der Waals surface area contributed by atoms with Crippen LogP contribution in [0.3, 0.4) is 0 Å². The Morgan fingerprint density at radius 3 is 0.947 bits per heavy atom. The van der Waals surface area contributed by atoms with Crippen LogP contribution in [-0.2, 0) is 10.8 Å². The van der Waals surface area contributed by atoms with Crippen molar-refractivity contribution in [2.75, 3.05) is 26.2 Å². The molecule has 0 unspecified atom stereocenters. The van der Waals surface area contributed by atoms with Crippen LogP contribution in [0.5, 0.6) is 0 Å². The van der Waals surface area contributed by atoms with Crippen molar-refractivity contribution in [3.63, 3.8) is 0 Å². The van der Waals surface area contributed by atoms with Crippen molar-refractivity contribution in [1.29, 1.82) is 0 Å². The van der Waals surface area contributed by atoms with Crippen molar-refractivity contribution >= 4 is 0 Å². The van der Waals surface area contributed by atoms with E-state index in [4.69, 9.17) is 0 Å². The van der Waals surface area contributed by atoms with E-state index in [2.05, 4.69) is 136 Å². The third-order valence-electron chi connectivity index (χ3n) is 9.77. The molecule has 2 fully saturated rings. The van der Waals surface area contributed by atoms with E-state index in [1.807, 2.05) is 0 Å². The highest BCUT2D eigenvalue weighted by atomic mass is 15.2. The van der Waals surface area contributed by atoms with Crippen LogP contribution < -0.4 is 0 Å². The molecule has 2 aliphatic heterocycles. The molecule has 2 aliphatic rings. The summed E-state index contributed by atoms with van der Waals surface area (Å²) in [4.78, 5) is 5.33. The van der Waals surface area contributed by atoms with Crippen LogP contribution in [0.15, 0.2) is 84.9 Å². The first-order valence-electron chi connectivity index (χ1n) is 14.8. The molecule has 0 spiro atoms. The minimum atomic E-state index is 0.0804. The van der Waals surface area contributed by atoms with Crippen molar-refractivity contribution in [2.24, 2.45) is 0 Å². The molecule has 0 bridgehead atoms. The number of likely N-dealkylation sites (tertiary alicyclic amines) is 2. The fraction of sp³-hybridized carbons (Fsp3) is 0.500. The van der Waals surface area contributed by atoms with Gasteiger partial charge in [-0.2, -0.15) is 0 Å². The van der Waals surface area contributed by atoms with Gasteiger partial charge in [0.2, 0.25) is 0 Å². The average molecular weight is 509 g/mol. The molecule has 0 radical (unpaired) electrons. The Morgan fingerprint density at radius 1 is 0.421 bits per heavy atom. The minimum absolute atomic E-state index is 0.0804. The molecule has 0 N–H and O–H groups in total. The molecule has 202 valence electrons. The molecular weight excluding hydrogens is 460 g/mol. The number of piperidine rings is 2. The molecule has 0 aromatic heterocycles. The van der Waals surface area contributed by atoms with Gasteiger partial charge in [-0.25, -0.2) is 0 Å². The van der Waals surface area contributed by atoms with Crippen LogP contribution in [-0.4, -0.2) is 47.1 Å². The lowest BCUT2D eigenvalue weighted by atomic mass is 9.65. The van der Waals surface area contributed by atoms with Crippen molar-refractivity contribution < 1.29 is 0 Å². The highest BCUT2D eigenvalue weighted by Gasteiger charge is 2.42. The highest BCUT2D eigenvalue weighted by molar-refractivity contribution is 5.46. The fourth-order valence-electron chi connectivity index (χ4n) is 7.23. The predicted molar refractivity (Wildman–Crippen MR) is 162 cm³/mol. The van der Waals surface area contributed by atoms with E-state index >= 15 is 0 Å². The Bertz CT molecular complexity index is 1070. The van der Waals surface area contributed by atoms with Gasteiger partial charge in [0.25, 0.3) is 0 Å². The van der Waals surface area contributed by atoms with Crippen molar-refractivity contribution in [3.05, 3.63) is 107 Å². The van der Waals surface area contributed by atoms with E-state index in [1.165, 1.54) is 22.3 Å². The quantitative estimate of drug-likeness (QED) is 0.352. The SMILES string of the molecule is CC(C)(C)N1CCC(c2ccccc2)(c2ccc(C3(c4ccccc4)CCN(C(C)(C)C)CC3)cc2)CC1. The van der Waals surface area contributed by atoms with Gasteiger partial charge in [-0.15, -0.1) is 0 Å². The maximum absolute atomic E-state index is 2.66. The van der Waals surface area contributed by atoms with Crippen molar-refractivity contribution in [3.8, 4) is 0 Å². The Hall–Kier alpha value is -2.42. The molecule has 3 aromatic carbocycles. The number of nitrogens with zero attached hydrogens (tertiary/aromatic N) is 2. The van der Waals surface area contributed by atoms with Crippen molar-refractivity contribution in [2.45, 2.75) is 89.1 Å². The molecule has 2 saturated heterocycles. The zero-order valence-corrected chi connectivity index (χ0v) is 24.6. The highest BCUT2D eigenvalue weighted by Crippen LogP contribution is 2.46. The maximum Gasteiger partial charge on any atom is 0.0227 e.